The van der Waals surface area contributed by atoms with E-state index in [0.29, 0.717) is 62.4 Å². The van der Waals surface area contributed by atoms with E-state index in [1.165, 1.54) is 0 Å². The van der Waals surface area contributed by atoms with Crippen molar-refractivity contribution in [2.75, 3.05) is 63.0 Å². The van der Waals surface area contributed by atoms with Crippen molar-refractivity contribution in [3.8, 4) is 0 Å². The van der Waals surface area contributed by atoms with Crippen LogP contribution in [0, 0.1) is 0 Å². The fourth-order valence-corrected chi connectivity index (χ4v) is 7.03. The van der Waals surface area contributed by atoms with Crippen molar-refractivity contribution in [3.05, 3.63) is 94.0 Å². The molecule has 20 nitrogen and oxygen atoms in total. The van der Waals surface area contributed by atoms with Crippen molar-refractivity contribution in [2.45, 2.75) is 90.1 Å². The molecule has 0 unspecified atom stereocenters. The summed E-state index contributed by atoms with van der Waals surface area (Å²) in [6, 6.07) is 21.6. The molecule has 70 heavy (non-hydrogen) atoms. The third-order valence-electron chi connectivity index (χ3n) is 10.5. The summed E-state index contributed by atoms with van der Waals surface area (Å²) in [4.78, 5) is 71.2. The van der Waals surface area contributed by atoms with Crippen LogP contribution in [0.1, 0.15) is 88.2 Å². The van der Waals surface area contributed by atoms with Crippen molar-refractivity contribution in [1.82, 2.24) is 20.4 Å². The minimum absolute atomic E-state index is 0.0617. The quantitative estimate of drug-likeness (QED) is 0.0258. The normalized spacial score (nSPS) is 12.1. The van der Waals surface area contributed by atoms with Gasteiger partial charge in [-0.2, -0.15) is 9.98 Å². The number of nitrogens with two attached hydrogens (primary N) is 6. The number of nitrogens with one attached hydrogen (secondary N) is 4. The van der Waals surface area contributed by atoms with E-state index in [1.54, 1.807) is 58.3 Å². The van der Waals surface area contributed by atoms with Gasteiger partial charge >= 0.3 is 0 Å². The molecule has 0 saturated carbocycles. The fraction of sp³-hybridized carbons (Fsp3) is 0.458. The van der Waals surface area contributed by atoms with Gasteiger partial charge in [-0.1, -0.05) is 73.2 Å². The molecule has 0 aliphatic heterocycles. The summed E-state index contributed by atoms with van der Waals surface area (Å²) in [6.45, 7) is 3.91. The van der Waals surface area contributed by atoms with Gasteiger partial charge in [-0.25, -0.2) is 0 Å². The highest BCUT2D eigenvalue weighted by Gasteiger charge is 2.17. The first-order chi connectivity index (χ1) is 33.7. The summed E-state index contributed by atoms with van der Waals surface area (Å²) in [5, 5.41) is 12.9. The van der Waals surface area contributed by atoms with Gasteiger partial charge in [0, 0.05) is 113 Å². The van der Waals surface area contributed by atoms with Crippen LogP contribution >= 0.6 is 23.2 Å². The van der Waals surface area contributed by atoms with Crippen molar-refractivity contribution in [2.24, 2.45) is 54.4 Å². The average Bonchev–Trinajstić information content (AvgIpc) is 3.33. The van der Waals surface area contributed by atoms with Crippen molar-refractivity contribution in [3.63, 3.8) is 0 Å². The lowest BCUT2D eigenvalue weighted by Crippen LogP contribution is -2.36. The molecule has 0 heterocycles. The zero-order valence-corrected chi connectivity index (χ0v) is 41.5. The molecule has 0 aliphatic carbocycles. The molecular weight excluding hydrogens is 936 g/mol. The molecule has 3 aromatic rings. The first-order valence-electron chi connectivity index (χ1n) is 23.6. The Morgan fingerprint density at radius 3 is 1.20 bits per heavy atom. The second-order valence-corrected chi connectivity index (χ2v) is 17.2. The van der Waals surface area contributed by atoms with Crippen LogP contribution in [0.15, 0.2) is 92.8 Å². The molecule has 3 rings (SSSR count). The predicted molar refractivity (Wildman–Crippen MR) is 283 cm³/mol. The molecular formula is C48H72Cl2N16O4. The maximum atomic E-state index is 13.1. The van der Waals surface area contributed by atoms with Gasteiger partial charge in [0.25, 0.3) is 0 Å². The van der Waals surface area contributed by atoms with E-state index in [0.717, 1.165) is 73.9 Å². The van der Waals surface area contributed by atoms with Crippen LogP contribution in [0.3, 0.4) is 0 Å². The first kappa shape index (κ1) is 57.8. The molecule has 3 aromatic carbocycles. The molecule has 0 fully saturated rings. The minimum Gasteiger partial charge on any atom is -0.369 e. The number of nitrogens with zero attached hydrogens (tertiary/aromatic N) is 6. The van der Waals surface area contributed by atoms with Crippen molar-refractivity contribution < 1.29 is 19.2 Å². The third kappa shape index (κ3) is 25.8. The number of rotatable bonds is 30. The Kier molecular flexibility index (Phi) is 28.0. The molecule has 4 amide bonds. The Morgan fingerprint density at radius 2 is 0.843 bits per heavy atom. The average molecular weight is 1010 g/mol. The molecule has 0 aliphatic rings. The number of benzene rings is 3. The summed E-state index contributed by atoms with van der Waals surface area (Å²) in [7, 11) is 0. The fourth-order valence-electron chi connectivity index (χ4n) is 6.78. The summed E-state index contributed by atoms with van der Waals surface area (Å²) in [6.07, 6.45) is 7.03. The van der Waals surface area contributed by atoms with Crippen molar-refractivity contribution >= 4 is 82.0 Å². The second kappa shape index (κ2) is 33.9. The van der Waals surface area contributed by atoms with Crippen LogP contribution in [0.5, 0.6) is 0 Å². The van der Waals surface area contributed by atoms with Gasteiger partial charge < -0.3 is 65.5 Å². The number of amides is 4. The number of hydrogen-bond donors (Lipinski definition) is 10. The molecule has 0 spiro atoms. The Hall–Kier alpha value is -6.48. The molecule has 382 valence electrons. The summed E-state index contributed by atoms with van der Waals surface area (Å²) < 4.78 is 0. The van der Waals surface area contributed by atoms with E-state index in [4.69, 9.17) is 57.6 Å². The largest absolute Gasteiger partial charge is 0.369 e. The van der Waals surface area contributed by atoms with Gasteiger partial charge in [0.15, 0.2) is 0 Å². The lowest BCUT2D eigenvalue weighted by Gasteiger charge is -2.24. The van der Waals surface area contributed by atoms with Crippen LogP contribution in [0.25, 0.3) is 0 Å². The topological polar surface area (TPSA) is 328 Å². The maximum absolute atomic E-state index is 13.1. The Bertz CT molecular complexity index is 2020. The van der Waals surface area contributed by atoms with Crippen LogP contribution in [0.2, 0.25) is 10.0 Å². The van der Waals surface area contributed by atoms with Gasteiger partial charge in [-0.05, 0) is 85.3 Å². The molecule has 22 heteroatoms. The Labute approximate surface area is 421 Å². The lowest BCUT2D eigenvalue weighted by molar-refractivity contribution is -0.134. The highest BCUT2D eigenvalue weighted by atomic mass is 35.5. The number of carbonyl (C=O) groups excluding carboxylic acids is 4. The highest BCUT2D eigenvalue weighted by molar-refractivity contribution is 6.31. The van der Waals surface area contributed by atoms with E-state index in [9.17, 15) is 19.2 Å². The zero-order valence-electron chi connectivity index (χ0n) is 40.0. The van der Waals surface area contributed by atoms with E-state index in [1.807, 2.05) is 24.3 Å². The Morgan fingerprint density at radius 1 is 0.486 bits per heavy atom. The standard InChI is InChI=1S/C48H72Cl2N16O4/c49-37-13-17-39(18-14-37)61-47(55)63-45(53)59-29-7-3-1-5-27-57-41(67)21-23-43(69)65(31-25-51)33-35-9-11-36(12-10-35)34-66(32-26-52)44(70)24-22-42(68)58-28-6-2-4-8-30-60-46(54)64-48(56)62-40-19-15-38(50)16-20-40/h9-20H,1-8,21-34,51-52H2,(H,57,67)(H,58,68)(H5,53,55,59,61,63)(H5,54,56,60,62,64). The van der Waals surface area contributed by atoms with E-state index < -0.39 is 0 Å². The summed E-state index contributed by atoms with van der Waals surface area (Å²) >= 11 is 11.8. The van der Waals surface area contributed by atoms with Crippen LogP contribution < -0.4 is 55.7 Å². The SMILES string of the molecule is NCCN(Cc1ccc(CN(CCN)C(=O)CCC(=O)NCCCCCCN=C(N)/N=C(\N)Nc2ccc(Cl)cc2)cc1)C(=O)CCC(=O)NCCCCCCN=C(N)/N=C(\N)Nc1ccc(Cl)cc1. The molecule has 0 bridgehead atoms. The number of halogens is 2. The van der Waals surface area contributed by atoms with Gasteiger partial charge in [0.1, 0.15) is 0 Å². The first-order valence-corrected chi connectivity index (χ1v) is 24.4. The smallest absolute Gasteiger partial charge is 0.223 e. The van der Waals surface area contributed by atoms with Gasteiger partial charge in [-0.3, -0.25) is 29.2 Å². The van der Waals surface area contributed by atoms with Crippen molar-refractivity contribution in [1.29, 1.82) is 0 Å². The second-order valence-electron chi connectivity index (χ2n) is 16.3. The number of unbranched alkanes of at least 4 members (excludes halogenated alkanes) is 6. The van der Waals surface area contributed by atoms with Crippen LogP contribution in [-0.4, -0.2) is 110 Å². The lowest BCUT2D eigenvalue weighted by atomic mass is 10.1. The minimum atomic E-state index is -0.186. The van der Waals surface area contributed by atoms with Crippen LogP contribution in [0.4, 0.5) is 11.4 Å². The zero-order chi connectivity index (χ0) is 50.9. The molecule has 0 radical (unpaired) electrons. The highest BCUT2D eigenvalue weighted by Crippen LogP contribution is 2.15. The monoisotopic (exact) mass is 1010 g/mol. The third-order valence-corrected chi connectivity index (χ3v) is 11.0. The molecule has 0 atom stereocenters. The summed E-state index contributed by atoms with van der Waals surface area (Å²) in [5.41, 5.74) is 38.4. The maximum Gasteiger partial charge on any atom is 0.223 e. The van der Waals surface area contributed by atoms with E-state index in [-0.39, 0.29) is 86.2 Å². The van der Waals surface area contributed by atoms with Gasteiger partial charge in [0.05, 0.1) is 0 Å². The number of hydrogen-bond acceptors (Lipinski definition) is 8. The van der Waals surface area contributed by atoms with E-state index >= 15 is 0 Å². The Balaban J connectivity index is 1.27. The molecule has 0 saturated heterocycles. The number of anilines is 2. The number of aliphatic imine (C=N–C) groups is 4. The van der Waals surface area contributed by atoms with E-state index in [2.05, 4.69) is 41.2 Å². The summed E-state index contributed by atoms with van der Waals surface area (Å²) in [5.74, 6) is -0.294. The van der Waals surface area contributed by atoms with Crippen LogP contribution in [-0.2, 0) is 32.3 Å². The van der Waals surface area contributed by atoms with Gasteiger partial charge in [-0.15, -0.1) is 0 Å². The molecule has 0 aromatic heterocycles. The predicted octanol–water partition coefficient (Wildman–Crippen LogP) is 3.96. The number of carbonyl (C=O) groups is 4. The van der Waals surface area contributed by atoms with Gasteiger partial charge in [0.2, 0.25) is 47.5 Å². The molecule has 16 N–H and O–H groups in total. The number of guanidine groups is 4.